The number of rotatable bonds is 3. The van der Waals surface area contributed by atoms with Gasteiger partial charge in [0, 0.05) is 49.0 Å². The lowest BCUT2D eigenvalue weighted by atomic mass is 10.1. The maximum Gasteiger partial charge on any atom is 0.295 e. The maximum atomic E-state index is 12.7. The Morgan fingerprint density at radius 3 is 2.50 bits per heavy atom. The predicted molar refractivity (Wildman–Crippen MR) is 103 cm³/mol. The highest BCUT2D eigenvalue weighted by molar-refractivity contribution is 6.44. The fraction of sp³-hybridized carbons (Fsp3) is 0.238. The van der Waals surface area contributed by atoms with Gasteiger partial charge in [-0.25, -0.2) is 0 Å². The molecule has 3 aromatic rings. The Morgan fingerprint density at radius 2 is 1.73 bits per heavy atom. The van der Waals surface area contributed by atoms with Crippen LogP contribution in [-0.4, -0.2) is 47.8 Å². The van der Waals surface area contributed by atoms with Crippen molar-refractivity contribution in [2.24, 2.45) is 0 Å². The average Bonchev–Trinajstić information content (AvgIpc) is 3.11. The van der Waals surface area contributed by atoms with E-state index in [4.69, 9.17) is 0 Å². The van der Waals surface area contributed by atoms with Crippen molar-refractivity contribution in [1.82, 2.24) is 9.88 Å². The summed E-state index contributed by atoms with van der Waals surface area (Å²) in [4.78, 5) is 32.4. The minimum atomic E-state index is -0.438. The molecule has 132 valence electrons. The van der Waals surface area contributed by atoms with Crippen LogP contribution in [0, 0.1) is 6.92 Å². The van der Waals surface area contributed by atoms with E-state index in [0.29, 0.717) is 18.7 Å². The SMILES string of the molecule is Cc1cccc(N2CCN(C(=O)C(=O)c3c[nH]c4ccccc34)CC2)c1. The van der Waals surface area contributed by atoms with Crippen LogP contribution in [0.15, 0.2) is 54.7 Å². The predicted octanol–water partition coefficient (Wildman–Crippen LogP) is 3.01. The van der Waals surface area contributed by atoms with Gasteiger partial charge in [-0.15, -0.1) is 0 Å². The summed E-state index contributed by atoms with van der Waals surface area (Å²) in [6.07, 6.45) is 1.63. The molecule has 5 heteroatoms. The van der Waals surface area contributed by atoms with Gasteiger partial charge in [0.2, 0.25) is 0 Å². The number of aromatic amines is 1. The van der Waals surface area contributed by atoms with Crippen molar-refractivity contribution in [2.75, 3.05) is 31.1 Å². The Morgan fingerprint density at radius 1 is 0.962 bits per heavy atom. The van der Waals surface area contributed by atoms with Gasteiger partial charge in [-0.1, -0.05) is 30.3 Å². The molecular weight excluding hydrogens is 326 g/mol. The molecule has 1 amide bonds. The molecule has 0 atom stereocenters. The fourth-order valence-electron chi connectivity index (χ4n) is 3.51. The summed E-state index contributed by atoms with van der Waals surface area (Å²) < 4.78 is 0. The number of H-pyrrole nitrogens is 1. The summed E-state index contributed by atoms with van der Waals surface area (Å²) in [5, 5.41) is 0.796. The van der Waals surface area contributed by atoms with Crippen LogP contribution in [0.3, 0.4) is 0 Å². The van der Waals surface area contributed by atoms with Crippen LogP contribution in [0.4, 0.5) is 5.69 Å². The molecule has 1 N–H and O–H groups in total. The third-order valence-corrected chi connectivity index (χ3v) is 4.96. The third kappa shape index (κ3) is 2.96. The van der Waals surface area contributed by atoms with E-state index >= 15 is 0 Å². The molecule has 0 spiro atoms. The molecule has 0 saturated carbocycles. The standard InChI is InChI=1S/C21H21N3O2/c1-15-5-4-6-16(13-15)23-9-11-24(12-10-23)21(26)20(25)18-14-22-19-8-3-2-7-17(18)19/h2-8,13-14,22H,9-12H2,1H3. The molecule has 1 fully saturated rings. The first-order valence-electron chi connectivity index (χ1n) is 8.85. The minimum absolute atomic E-state index is 0.418. The van der Waals surface area contributed by atoms with Gasteiger partial charge in [-0.3, -0.25) is 9.59 Å². The summed E-state index contributed by atoms with van der Waals surface area (Å²) in [7, 11) is 0. The van der Waals surface area contributed by atoms with Gasteiger partial charge in [0.05, 0.1) is 5.56 Å². The Labute approximate surface area is 152 Å². The van der Waals surface area contributed by atoms with E-state index < -0.39 is 11.7 Å². The number of Topliss-reactive ketones (excluding diaryl/α,β-unsaturated/α-hetero) is 1. The Balaban J connectivity index is 1.46. The number of ketones is 1. The van der Waals surface area contributed by atoms with Crippen molar-refractivity contribution in [3.63, 3.8) is 0 Å². The normalized spacial score (nSPS) is 14.7. The molecule has 4 rings (SSSR count). The van der Waals surface area contributed by atoms with Crippen molar-refractivity contribution in [1.29, 1.82) is 0 Å². The lowest BCUT2D eigenvalue weighted by Gasteiger charge is -2.35. The highest BCUT2D eigenvalue weighted by atomic mass is 16.2. The number of aryl methyl sites for hydroxylation is 1. The number of carbonyl (C=O) groups is 2. The number of para-hydroxylation sites is 1. The highest BCUT2D eigenvalue weighted by Gasteiger charge is 2.28. The number of carbonyl (C=O) groups excluding carboxylic acids is 2. The monoisotopic (exact) mass is 347 g/mol. The van der Waals surface area contributed by atoms with Gasteiger partial charge in [-0.2, -0.15) is 0 Å². The Hall–Kier alpha value is -3.08. The molecule has 5 nitrogen and oxygen atoms in total. The van der Waals surface area contributed by atoms with Crippen LogP contribution in [-0.2, 0) is 4.79 Å². The van der Waals surface area contributed by atoms with Crippen molar-refractivity contribution in [2.45, 2.75) is 6.92 Å². The second kappa shape index (κ2) is 6.67. The van der Waals surface area contributed by atoms with Crippen molar-refractivity contribution in [3.05, 3.63) is 65.9 Å². The van der Waals surface area contributed by atoms with E-state index in [-0.39, 0.29) is 0 Å². The van der Waals surface area contributed by atoms with Crippen LogP contribution in [0.25, 0.3) is 10.9 Å². The largest absolute Gasteiger partial charge is 0.368 e. The number of fused-ring (bicyclic) bond motifs is 1. The van der Waals surface area contributed by atoms with Crippen LogP contribution >= 0.6 is 0 Å². The van der Waals surface area contributed by atoms with E-state index in [1.54, 1.807) is 11.1 Å². The number of benzene rings is 2. The first-order chi connectivity index (χ1) is 12.6. The smallest absolute Gasteiger partial charge is 0.295 e. The first-order valence-corrected chi connectivity index (χ1v) is 8.85. The van der Waals surface area contributed by atoms with Gasteiger partial charge in [0.25, 0.3) is 11.7 Å². The highest BCUT2D eigenvalue weighted by Crippen LogP contribution is 2.21. The summed E-state index contributed by atoms with van der Waals surface area (Å²) in [5.74, 6) is -0.856. The number of hydrogen-bond acceptors (Lipinski definition) is 3. The average molecular weight is 347 g/mol. The number of amides is 1. The first kappa shape index (κ1) is 16.4. The second-order valence-corrected chi connectivity index (χ2v) is 6.70. The number of nitrogens with zero attached hydrogens (tertiary/aromatic N) is 2. The molecule has 0 unspecified atom stereocenters. The zero-order valence-corrected chi connectivity index (χ0v) is 14.7. The molecule has 1 aliphatic heterocycles. The van der Waals surface area contributed by atoms with Crippen LogP contribution in [0.1, 0.15) is 15.9 Å². The minimum Gasteiger partial charge on any atom is -0.368 e. The third-order valence-electron chi connectivity index (χ3n) is 4.96. The lowest BCUT2D eigenvalue weighted by molar-refractivity contribution is -0.126. The van der Waals surface area contributed by atoms with Crippen molar-refractivity contribution in [3.8, 4) is 0 Å². The molecule has 2 aromatic carbocycles. The van der Waals surface area contributed by atoms with Gasteiger partial charge >= 0.3 is 0 Å². The summed E-state index contributed by atoms with van der Waals surface area (Å²) >= 11 is 0. The Kier molecular flexibility index (Phi) is 4.21. The summed E-state index contributed by atoms with van der Waals surface area (Å²) in [6.45, 7) is 4.65. The number of aromatic nitrogens is 1. The maximum absolute atomic E-state index is 12.7. The number of anilines is 1. The van der Waals surface area contributed by atoms with Crippen LogP contribution < -0.4 is 4.90 Å². The topological polar surface area (TPSA) is 56.4 Å². The van der Waals surface area contributed by atoms with E-state index in [0.717, 1.165) is 24.0 Å². The molecular formula is C21H21N3O2. The fourth-order valence-corrected chi connectivity index (χ4v) is 3.51. The molecule has 1 aromatic heterocycles. The van der Waals surface area contributed by atoms with Gasteiger partial charge in [0.1, 0.15) is 0 Å². The van der Waals surface area contributed by atoms with Crippen molar-refractivity contribution < 1.29 is 9.59 Å². The molecule has 26 heavy (non-hydrogen) atoms. The molecule has 1 aliphatic rings. The van der Waals surface area contributed by atoms with Crippen LogP contribution in [0.5, 0.6) is 0 Å². The zero-order chi connectivity index (χ0) is 18.1. The van der Waals surface area contributed by atoms with E-state index in [9.17, 15) is 9.59 Å². The van der Waals surface area contributed by atoms with E-state index in [1.165, 1.54) is 11.3 Å². The second-order valence-electron chi connectivity index (χ2n) is 6.70. The Bertz CT molecular complexity index is 968. The molecule has 0 radical (unpaired) electrons. The molecule has 0 aliphatic carbocycles. The van der Waals surface area contributed by atoms with Gasteiger partial charge in [0.15, 0.2) is 0 Å². The number of nitrogens with one attached hydrogen (secondary N) is 1. The van der Waals surface area contributed by atoms with Crippen LogP contribution in [0.2, 0.25) is 0 Å². The van der Waals surface area contributed by atoms with Crippen molar-refractivity contribution >= 4 is 28.3 Å². The van der Waals surface area contributed by atoms with E-state index in [1.807, 2.05) is 30.3 Å². The number of piperazine rings is 1. The molecule has 0 bridgehead atoms. The molecule has 1 saturated heterocycles. The summed E-state index contributed by atoms with van der Waals surface area (Å²) in [5.41, 5.74) is 3.70. The quantitative estimate of drug-likeness (QED) is 0.585. The lowest BCUT2D eigenvalue weighted by Crippen LogP contribution is -2.50. The number of hydrogen-bond donors (Lipinski definition) is 1. The van der Waals surface area contributed by atoms with Gasteiger partial charge < -0.3 is 14.8 Å². The van der Waals surface area contributed by atoms with Gasteiger partial charge in [-0.05, 0) is 30.7 Å². The zero-order valence-electron chi connectivity index (χ0n) is 14.7. The van der Waals surface area contributed by atoms with E-state index in [2.05, 4.69) is 35.0 Å². The molecule has 2 heterocycles. The summed E-state index contributed by atoms with van der Waals surface area (Å²) in [6, 6.07) is 15.9.